The molecule has 0 saturated carbocycles. The number of hydrogen-bond acceptors (Lipinski definition) is 4. The number of hydrogen-bond donors (Lipinski definition) is 1. The smallest absolute Gasteiger partial charge is 0.275 e. The number of nitrogens with zero attached hydrogens (tertiary/aromatic N) is 3. The number of aryl methyl sites for hydroxylation is 2. The normalized spacial score (nSPS) is 11.5. The Labute approximate surface area is 203 Å². The van der Waals surface area contributed by atoms with Crippen LogP contribution in [0.1, 0.15) is 38.8 Å². The summed E-state index contributed by atoms with van der Waals surface area (Å²) in [6.45, 7) is 4.05. The zero-order valence-electron chi connectivity index (χ0n) is 19.5. The predicted molar refractivity (Wildman–Crippen MR) is 132 cm³/mol. The quantitative estimate of drug-likeness (QED) is 0.402. The van der Waals surface area contributed by atoms with Gasteiger partial charge in [0, 0.05) is 24.6 Å². The molecule has 0 unspecified atom stereocenters. The van der Waals surface area contributed by atoms with E-state index in [2.05, 4.69) is 15.3 Å². The molecule has 0 saturated heterocycles. The second kappa shape index (κ2) is 10.7. The molecule has 0 radical (unpaired) electrons. The lowest BCUT2D eigenvalue weighted by Crippen LogP contribution is -2.41. The van der Waals surface area contributed by atoms with Gasteiger partial charge in [-0.05, 0) is 54.8 Å². The Bertz CT molecular complexity index is 1310. The van der Waals surface area contributed by atoms with Crippen molar-refractivity contribution < 1.29 is 14.0 Å². The van der Waals surface area contributed by atoms with Crippen molar-refractivity contribution in [3.63, 3.8) is 0 Å². The van der Waals surface area contributed by atoms with Crippen LogP contribution in [0.15, 0.2) is 91.4 Å². The standard InChI is InChI=1S/C28H25FN4O2/c1-19-7-9-21(10-8-19)18-33(28(35)25-17-30-15-16-31-25)26(24-6-4-3-5-20(24)2)27(34)32-23-13-11-22(29)12-14-23/h3-17,26H,18H2,1-2H3,(H,32,34)/t26-/m1/s1. The molecule has 35 heavy (non-hydrogen) atoms. The van der Waals surface area contributed by atoms with Gasteiger partial charge in [-0.2, -0.15) is 0 Å². The van der Waals surface area contributed by atoms with E-state index in [4.69, 9.17) is 0 Å². The summed E-state index contributed by atoms with van der Waals surface area (Å²) < 4.78 is 13.4. The molecular formula is C28H25FN4O2. The maximum absolute atomic E-state index is 13.7. The minimum absolute atomic E-state index is 0.132. The molecule has 1 aromatic heterocycles. The molecular weight excluding hydrogens is 443 g/mol. The zero-order valence-corrected chi connectivity index (χ0v) is 19.5. The van der Waals surface area contributed by atoms with Crippen LogP contribution in [-0.4, -0.2) is 26.7 Å². The van der Waals surface area contributed by atoms with E-state index in [-0.39, 0.29) is 12.2 Å². The van der Waals surface area contributed by atoms with Gasteiger partial charge in [0.1, 0.15) is 17.6 Å². The molecule has 7 heteroatoms. The van der Waals surface area contributed by atoms with Gasteiger partial charge in [0.15, 0.2) is 0 Å². The van der Waals surface area contributed by atoms with Crippen LogP contribution in [-0.2, 0) is 11.3 Å². The van der Waals surface area contributed by atoms with Gasteiger partial charge in [0.2, 0.25) is 0 Å². The Kier molecular flexibility index (Phi) is 7.26. The summed E-state index contributed by atoms with van der Waals surface area (Å²) in [5.74, 6) is -1.26. The fraction of sp³-hybridized carbons (Fsp3) is 0.143. The highest BCUT2D eigenvalue weighted by Crippen LogP contribution is 2.29. The largest absolute Gasteiger partial charge is 0.324 e. The van der Waals surface area contributed by atoms with Gasteiger partial charge in [0.25, 0.3) is 11.8 Å². The molecule has 0 fully saturated rings. The highest BCUT2D eigenvalue weighted by atomic mass is 19.1. The van der Waals surface area contributed by atoms with E-state index in [1.54, 1.807) is 0 Å². The summed E-state index contributed by atoms with van der Waals surface area (Å²) in [6.07, 6.45) is 4.32. The van der Waals surface area contributed by atoms with Crippen LogP contribution in [0.3, 0.4) is 0 Å². The van der Waals surface area contributed by atoms with Crippen molar-refractivity contribution in [2.45, 2.75) is 26.4 Å². The summed E-state index contributed by atoms with van der Waals surface area (Å²) in [5.41, 5.74) is 4.04. The molecule has 1 heterocycles. The first-order valence-electron chi connectivity index (χ1n) is 11.2. The van der Waals surface area contributed by atoms with E-state index in [1.165, 1.54) is 47.8 Å². The Morgan fingerprint density at radius 3 is 2.31 bits per heavy atom. The van der Waals surface area contributed by atoms with Gasteiger partial charge in [0.05, 0.1) is 6.20 Å². The summed E-state index contributed by atoms with van der Waals surface area (Å²) in [4.78, 5) is 37.2. The van der Waals surface area contributed by atoms with Crippen LogP contribution < -0.4 is 5.32 Å². The van der Waals surface area contributed by atoms with Crippen molar-refractivity contribution in [3.8, 4) is 0 Å². The number of halogens is 1. The van der Waals surface area contributed by atoms with E-state index in [9.17, 15) is 14.0 Å². The maximum Gasteiger partial charge on any atom is 0.275 e. The number of rotatable bonds is 7. The highest BCUT2D eigenvalue weighted by Gasteiger charge is 2.34. The predicted octanol–water partition coefficient (Wildman–Crippen LogP) is 5.25. The molecule has 0 aliphatic carbocycles. The highest BCUT2D eigenvalue weighted by molar-refractivity contribution is 6.01. The number of aromatic nitrogens is 2. The van der Waals surface area contributed by atoms with E-state index in [0.29, 0.717) is 11.3 Å². The monoisotopic (exact) mass is 468 g/mol. The first kappa shape index (κ1) is 23.8. The van der Waals surface area contributed by atoms with Crippen molar-refractivity contribution in [2.75, 3.05) is 5.32 Å². The molecule has 3 aromatic carbocycles. The Balaban J connectivity index is 1.79. The second-order valence-corrected chi connectivity index (χ2v) is 8.26. The first-order valence-corrected chi connectivity index (χ1v) is 11.2. The van der Waals surface area contributed by atoms with E-state index in [0.717, 1.165) is 16.7 Å². The van der Waals surface area contributed by atoms with Crippen molar-refractivity contribution in [1.82, 2.24) is 14.9 Å². The molecule has 1 N–H and O–H groups in total. The topological polar surface area (TPSA) is 75.2 Å². The fourth-order valence-corrected chi connectivity index (χ4v) is 3.82. The van der Waals surface area contributed by atoms with E-state index >= 15 is 0 Å². The Hall–Kier alpha value is -4.39. The lowest BCUT2D eigenvalue weighted by molar-refractivity contribution is -0.121. The van der Waals surface area contributed by atoms with Gasteiger partial charge in [-0.3, -0.25) is 14.6 Å². The van der Waals surface area contributed by atoms with Crippen LogP contribution in [0.4, 0.5) is 10.1 Å². The molecule has 1 atom stereocenters. The van der Waals surface area contributed by atoms with Gasteiger partial charge < -0.3 is 10.2 Å². The summed E-state index contributed by atoms with van der Waals surface area (Å²) >= 11 is 0. The van der Waals surface area contributed by atoms with Gasteiger partial charge in [-0.1, -0.05) is 54.1 Å². The van der Waals surface area contributed by atoms with Crippen LogP contribution in [0.2, 0.25) is 0 Å². The zero-order chi connectivity index (χ0) is 24.8. The molecule has 6 nitrogen and oxygen atoms in total. The minimum atomic E-state index is -0.975. The number of benzene rings is 3. The second-order valence-electron chi connectivity index (χ2n) is 8.26. The SMILES string of the molecule is Cc1ccc(CN(C(=O)c2cnccn2)[C@@H](C(=O)Nc2ccc(F)cc2)c2ccccc2C)cc1. The Morgan fingerprint density at radius 2 is 1.66 bits per heavy atom. The van der Waals surface area contributed by atoms with Crippen LogP contribution in [0, 0.1) is 19.7 Å². The number of nitrogens with one attached hydrogen (secondary N) is 1. The van der Waals surface area contributed by atoms with Crippen LogP contribution in [0.25, 0.3) is 0 Å². The summed E-state index contributed by atoms with van der Waals surface area (Å²) in [5, 5.41) is 2.84. The van der Waals surface area contributed by atoms with Crippen molar-refractivity contribution in [2.24, 2.45) is 0 Å². The van der Waals surface area contributed by atoms with Crippen LogP contribution >= 0.6 is 0 Å². The third-order valence-corrected chi connectivity index (χ3v) is 5.67. The summed E-state index contributed by atoms with van der Waals surface area (Å²) in [7, 11) is 0. The molecule has 176 valence electrons. The molecule has 0 aliphatic rings. The van der Waals surface area contributed by atoms with Crippen LogP contribution in [0.5, 0.6) is 0 Å². The first-order chi connectivity index (χ1) is 16.9. The van der Waals surface area contributed by atoms with Crippen molar-refractivity contribution in [3.05, 3.63) is 125 Å². The average molecular weight is 469 g/mol. The number of carbonyl (C=O) groups excluding carboxylic acids is 2. The van der Waals surface area contributed by atoms with Gasteiger partial charge in [-0.15, -0.1) is 0 Å². The number of anilines is 1. The molecule has 2 amide bonds. The fourth-order valence-electron chi connectivity index (χ4n) is 3.82. The van der Waals surface area contributed by atoms with Crippen molar-refractivity contribution >= 4 is 17.5 Å². The average Bonchev–Trinajstić information content (AvgIpc) is 2.87. The van der Waals surface area contributed by atoms with Gasteiger partial charge in [-0.25, -0.2) is 9.37 Å². The minimum Gasteiger partial charge on any atom is -0.324 e. The Morgan fingerprint density at radius 1 is 0.943 bits per heavy atom. The van der Waals surface area contributed by atoms with E-state index in [1.807, 2.05) is 62.4 Å². The lowest BCUT2D eigenvalue weighted by atomic mass is 9.97. The molecule has 4 aromatic rings. The third-order valence-electron chi connectivity index (χ3n) is 5.67. The summed E-state index contributed by atoms with van der Waals surface area (Å²) in [6, 6.07) is 19.7. The number of carbonyl (C=O) groups is 2. The third kappa shape index (κ3) is 5.76. The molecule has 0 bridgehead atoms. The van der Waals surface area contributed by atoms with E-state index < -0.39 is 23.7 Å². The number of amides is 2. The molecule has 4 rings (SSSR count). The van der Waals surface area contributed by atoms with Crippen molar-refractivity contribution in [1.29, 1.82) is 0 Å². The molecule has 0 aliphatic heterocycles. The van der Waals surface area contributed by atoms with Gasteiger partial charge >= 0.3 is 0 Å². The molecule has 0 spiro atoms. The lowest BCUT2D eigenvalue weighted by Gasteiger charge is -2.32. The maximum atomic E-state index is 13.7.